The maximum absolute atomic E-state index is 5.19. The summed E-state index contributed by atoms with van der Waals surface area (Å²) in [6, 6.07) is 9.59. The van der Waals surface area contributed by atoms with Crippen LogP contribution in [0.5, 0.6) is 0 Å². The van der Waals surface area contributed by atoms with Gasteiger partial charge in [0.25, 0.3) is 0 Å². The third kappa shape index (κ3) is 3.02. The highest BCUT2D eigenvalue weighted by Gasteiger charge is 2.13. The maximum atomic E-state index is 5.19. The van der Waals surface area contributed by atoms with Crippen molar-refractivity contribution in [2.75, 3.05) is 0 Å². The fourth-order valence-corrected chi connectivity index (χ4v) is 2.11. The fourth-order valence-electron chi connectivity index (χ4n) is 2.11. The van der Waals surface area contributed by atoms with Crippen molar-refractivity contribution < 1.29 is 9.05 Å². The molecule has 120 valence electrons. The molecule has 10 nitrogen and oxygen atoms in total. The predicted molar refractivity (Wildman–Crippen MR) is 78.5 cm³/mol. The van der Waals surface area contributed by atoms with E-state index in [1.807, 2.05) is 30.3 Å². The Hall–Kier alpha value is -3.43. The van der Waals surface area contributed by atoms with Gasteiger partial charge in [0, 0.05) is 12.5 Å². The summed E-state index contributed by atoms with van der Waals surface area (Å²) in [6.45, 7) is 1.96. The zero-order valence-electron chi connectivity index (χ0n) is 12.7. The Morgan fingerprint density at radius 1 is 1.00 bits per heavy atom. The molecule has 0 N–H and O–H groups in total. The second-order valence-corrected chi connectivity index (χ2v) is 5.02. The molecule has 0 fully saturated rings. The van der Waals surface area contributed by atoms with E-state index in [0.717, 1.165) is 5.56 Å². The molecule has 0 spiro atoms. The molecule has 24 heavy (non-hydrogen) atoms. The Morgan fingerprint density at radius 3 is 2.58 bits per heavy atom. The largest absolute Gasteiger partial charge is 0.340 e. The van der Waals surface area contributed by atoms with Crippen LogP contribution >= 0.6 is 0 Å². The van der Waals surface area contributed by atoms with Gasteiger partial charge >= 0.3 is 0 Å². The summed E-state index contributed by atoms with van der Waals surface area (Å²) < 4.78 is 10.1. The zero-order chi connectivity index (χ0) is 16.4. The van der Waals surface area contributed by atoms with Crippen LogP contribution in [0.4, 0.5) is 0 Å². The van der Waals surface area contributed by atoms with Gasteiger partial charge in [-0.05, 0) is 5.21 Å². The normalized spacial score (nSPS) is 11.0. The highest BCUT2D eigenvalue weighted by atomic mass is 16.5. The van der Waals surface area contributed by atoms with Crippen molar-refractivity contribution >= 4 is 0 Å². The van der Waals surface area contributed by atoms with Crippen LogP contribution in [-0.4, -0.2) is 40.5 Å². The second-order valence-electron chi connectivity index (χ2n) is 5.02. The standard InChI is InChI=1S/C14H12N8O2/c1-9-15-11(19-23-9)7-12-16-13(24-20-12)8-22-18-14(17-21-22)10-5-3-2-4-6-10/h2-6H,7-8H2,1H3. The minimum atomic E-state index is 0.234. The van der Waals surface area contributed by atoms with Crippen LogP contribution in [0.25, 0.3) is 11.4 Å². The van der Waals surface area contributed by atoms with Gasteiger partial charge in [0.1, 0.15) is 6.54 Å². The van der Waals surface area contributed by atoms with E-state index in [1.165, 1.54) is 4.80 Å². The molecule has 0 saturated heterocycles. The lowest BCUT2D eigenvalue weighted by molar-refractivity contribution is 0.352. The van der Waals surface area contributed by atoms with E-state index in [4.69, 9.17) is 9.05 Å². The van der Waals surface area contributed by atoms with Gasteiger partial charge < -0.3 is 9.05 Å². The van der Waals surface area contributed by atoms with E-state index in [9.17, 15) is 0 Å². The Morgan fingerprint density at radius 2 is 1.79 bits per heavy atom. The van der Waals surface area contributed by atoms with Gasteiger partial charge in [-0.25, -0.2) is 0 Å². The number of aromatic nitrogens is 8. The Bertz CT molecular complexity index is 943. The van der Waals surface area contributed by atoms with Gasteiger partial charge in [-0.15, -0.1) is 10.2 Å². The number of hydrogen-bond acceptors (Lipinski definition) is 9. The summed E-state index contributed by atoms with van der Waals surface area (Å²) in [7, 11) is 0. The molecule has 0 radical (unpaired) electrons. The third-order valence-corrected chi connectivity index (χ3v) is 3.16. The van der Waals surface area contributed by atoms with Crippen LogP contribution in [0.3, 0.4) is 0 Å². The smallest absolute Gasteiger partial charge is 0.250 e. The van der Waals surface area contributed by atoms with E-state index < -0.39 is 0 Å². The molecule has 1 aromatic carbocycles. The molecule has 3 heterocycles. The summed E-state index contributed by atoms with van der Waals surface area (Å²) in [4.78, 5) is 9.76. The molecule has 0 aliphatic rings. The second kappa shape index (κ2) is 5.99. The molecule has 0 amide bonds. The lowest BCUT2D eigenvalue weighted by Gasteiger charge is -1.92. The average molecular weight is 324 g/mol. The van der Waals surface area contributed by atoms with E-state index in [0.29, 0.717) is 35.7 Å². The van der Waals surface area contributed by atoms with Crippen molar-refractivity contribution in [3.8, 4) is 11.4 Å². The van der Waals surface area contributed by atoms with Crippen molar-refractivity contribution in [2.45, 2.75) is 19.9 Å². The summed E-state index contributed by atoms with van der Waals surface area (Å²) in [6.07, 6.45) is 0.334. The molecule has 0 atom stereocenters. The number of benzene rings is 1. The lowest BCUT2D eigenvalue weighted by atomic mass is 10.2. The Balaban J connectivity index is 1.45. The first-order valence-corrected chi connectivity index (χ1v) is 7.20. The van der Waals surface area contributed by atoms with Crippen LogP contribution < -0.4 is 0 Å². The Kier molecular flexibility index (Phi) is 3.54. The van der Waals surface area contributed by atoms with Gasteiger partial charge in [0.05, 0.1) is 6.42 Å². The highest BCUT2D eigenvalue weighted by molar-refractivity contribution is 5.52. The van der Waals surface area contributed by atoms with Crippen LogP contribution in [0.2, 0.25) is 0 Å². The molecule has 10 heteroatoms. The van der Waals surface area contributed by atoms with E-state index in [-0.39, 0.29) is 6.54 Å². The molecular weight excluding hydrogens is 312 g/mol. The van der Waals surface area contributed by atoms with E-state index >= 15 is 0 Å². The molecule has 0 aliphatic carbocycles. The molecule has 0 bridgehead atoms. The summed E-state index contributed by atoms with van der Waals surface area (Å²) in [5.74, 6) is 2.38. The number of tetrazole rings is 1. The molecule has 0 aliphatic heterocycles. The molecule has 0 saturated carbocycles. The third-order valence-electron chi connectivity index (χ3n) is 3.16. The highest BCUT2D eigenvalue weighted by Crippen LogP contribution is 2.12. The van der Waals surface area contributed by atoms with Crippen LogP contribution in [0.15, 0.2) is 39.4 Å². The van der Waals surface area contributed by atoms with Crippen LogP contribution in [0.1, 0.15) is 23.4 Å². The topological polar surface area (TPSA) is 121 Å². The van der Waals surface area contributed by atoms with Gasteiger partial charge in [-0.3, -0.25) is 0 Å². The summed E-state index contributed by atoms with van der Waals surface area (Å²) >= 11 is 0. The van der Waals surface area contributed by atoms with Crippen molar-refractivity contribution in [2.24, 2.45) is 0 Å². The molecule has 0 unspecified atom stereocenters. The van der Waals surface area contributed by atoms with Crippen molar-refractivity contribution in [1.82, 2.24) is 40.5 Å². The molecule has 3 aromatic heterocycles. The number of rotatable bonds is 5. The maximum Gasteiger partial charge on any atom is 0.250 e. The minimum absolute atomic E-state index is 0.234. The quantitative estimate of drug-likeness (QED) is 0.530. The van der Waals surface area contributed by atoms with E-state index in [2.05, 4.69) is 35.7 Å². The first kappa shape index (κ1) is 14.2. The fraction of sp³-hybridized carbons (Fsp3) is 0.214. The van der Waals surface area contributed by atoms with Crippen LogP contribution in [0, 0.1) is 6.92 Å². The summed E-state index contributed by atoms with van der Waals surface area (Å²) in [5.41, 5.74) is 0.891. The minimum Gasteiger partial charge on any atom is -0.340 e. The van der Waals surface area contributed by atoms with Gasteiger partial charge in [0.2, 0.25) is 17.6 Å². The van der Waals surface area contributed by atoms with E-state index in [1.54, 1.807) is 6.92 Å². The first-order valence-electron chi connectivity index (χ1n) is 7.20. The zero-order valence-corrected chi connectivity index (χ0v) is 12.7. The van der Waals surface area contributed by atoms with Gasteiger partial charge in [0.15, 0.2) is 11.6 Å². The van der Waals surface area contributed by atoms with Crippen molar-refractivity contribution in [3.63, 3.8) is 0 Å². The average Bonchev–Trinajstić information content (AvgIpc) is 3.32. The van der Waals surface area contributed by atoms with Crippen molar-refractivity contribution in [1.29, 1.82) is 0 Å². The molecular formula is C14H12N8O2. The number of nitrogens with zero attached hydrogens (tertiary/aromatic N) is 8. The van der Waals surface area contributed by atoms with Crippen LogP contribution in [-0.2, 0) is 13.0 Å². The molecule has 4 aromatic rings. The predicted octanol–water partition coefficient (Wildman–Crippen LogP) is 1.05. The summed E-state index contributed by atoms with van der Waals surface area (Å²) in [5, 5.41) is 20.0. The first-order chi connectivity index (χ1) is 11.8. The SMILES string of the molecule is Cc1nc(Cc2noc(Cn3nnc(-c4ccccc4)n3)n2)no1. The van der Waals surface area contributed by atoms with Crippen molar-refractivity contribution in [3.05, 3.63) is 53.8 Å². The molecule has 4 rings (SSSR count). The lowest BCUT2D eigenvalue weighted by Crippen LogP contribution is -2.04. The Labute approximate surface area is 135 Å². The number of hydrogen-bond donors (Lipinski definition) is 0. The van der Waals surface area contributed by atoms with Gasteiger partial charge in [-0.1, -0.05) is 40.6 Å². The number of aryl methyl sites for hydroxylation is 1. The monoisotopic (exact) mass is 324 g/mol. The van der Waals surface area contributed by atoms with Gasteiger partial charge in [-0.2, -0.15) is 14.8 Å².